The van der Waals surface area contributed by atoms with E-state index in [1.807, 2.05) is 52.0 Å². The Balaban J connectivity index is 2.18. The molecule has 0 saturated carbocycles. The molecule has 0 aliphatic carbocycles. The maximum atomic E-state index is 13.1. The molecule has 5 nitrogen and oxygen atoms in total. The lowest BCUT2D eigenvalue weighted by Gasteiger charge is -2.31. The maximum absolute atomic E-state index is 13.1. The summed E-state index contributed by atoms with van der Waals surface area (Å²) in [5, 5.41) is 2.89. The van der Waals surface area contributed by atoms with Gasteiger partial charge in [0.1, 0.15) is 17.6 Å². The van der Waals surface area contributed by atoms with Gasteiger partial charge < -0.3 is 15.0 Å². The summed E-state index contributed by atoms with van der Waals surface area (Å²) in [7, 11) is 0. The van der Waals surface area contributed by atoms with Gasteiger partial charge in [-0.25, -0.2) is 4.39 Å². The van der Waals surface area contributed by atoms with Crippen LogP contribution in [0, 0.1) is 12.7 Å². The molecular weight excluding hydrogens is 371 g/mol. The van der Waals surface area contributed by atoms with Gasteiger partial charge in [-0.05, 0) is 57.0 Å². The second-order valence-corrected chi connectivity index (χ2v) is 7.34. The number of rotatable bonds is 9. The fourth-order valence-corrected chi connectivity index (χ4v) is 2.95. The zero-order chi connectivity index (χ0) is 21.4. The molecule has 2 amide bonds. The summed E-state index contributed by atoms with van der Waals surface area (Å²) in [6, 6.07) is 12.7. The Morgan fingerprint density at radius 1 is 1.07 bits per heavy atom. The number of carbonyl (C=O) groups is 2. The van der Waals surface area contributed by atoms with Crippen LogP contribution < -0.4 is 10.1 Å². The van der Waals surface area contributed by atoms with Gasteiger partial charge >= 0.3 is 0 Å². The van der Waals surface area contributed by atoms with Crippen molar-refractivity contribution in [2.24, 2.45) is 0 Å². The van der Waals surface area contributed by atoms with E-state index in [1.54, 1.807) is 4.90 Å². The number of amides is 2. The maximum Gasteiger partial charge on any atom is 0.261 e. The summed E-state index contributed by atoms with van der Waals surface area (Å²) in [6.07, 6.45) is 0.479. The average Bonchev–Trinajstić information content (AvgIpc) is 2.68. The van der Waals surface area contributed by atoms with Crippen molar-refractivity contribution in [3.8, 4) is 5.75 Å². The second-order valence-electron chi connectivity index (χ2n) is 7.34. The quantitative estimate of drug-likeness (QED) is 0.696. The van der Waals surface area contributed by atoms with Gasteiger partial charge in [0.05, 0.1) is 0 Å². The fourth-order valence-electron chi connectivity index (χ4n) is 2.95. The number of hydrogen-bond acceptors (Lipinski definition) is 3. The first-order chi connectivity index (χ1) is 13.8. The van der Waals surface area contributed by atoms with Crippen molar-refractivity contribution in [1.82, 2.24) is 10.2 Å². The molecule has 0 radical (unpaired) electrons. The van der Waals surface area contributed by atoms with Crippen LogP contribution in [0.25, 0.3) is 0 Å². The largest absolute Gasteiger partial charge is 0.484 e. The number of nitrogens with one attached hydrogen (secondary N) is 1. The molecular formula is C23H29FN2O3. The van der Waals surface area contributed by atoms with Gasteiger partial charge in [-0.3, -0.25) is 9.59 Å². The molecule has 1 atom stereocenters. The van der Waals surface area contributed by atoms with E-state index in [0.717, 1.165) is 11.1 Å². The average molecular weight is 400 g/mol. The van der Waals surface area contributed by atoms with Crippen LogP contribution in [-0.2, 0) is 16.1 Å². The third kappa shape index (κ3) is 6.89. The summed E-state index contributed by atoms with van der Waals surface area (Å²) in [6.45, 7) is 7.71. The minimum absolute atomic E-state index is 0.0247. The summed E-state index contributed by atoms with van der Waals surface area (Å²) >= 11 is 0. The molecule has 0 aromatic heterocycles. The van der Waals surface area contributed by atoms with Crippen LogP contribution in [0.15, 0.2) is 48.5 Å². The molecule has 0 fully saturated rings. The minimum Gasteiger partial charge on any atom is -0.484 e. The van der Waals surface area contributed by atoms with Crippen molar-refractivity contribution in [2.45, 2.75) is 52.7 Å². The lowest BCUT2D eigenvalue weighted by atomic mass is 10.1. The molecule has 29 heavy (non-hydrogen) atoms. The molecule has 6 heteroatoms. The third-order valence-electron chi connectivity index (χ3n) is 4.47. The lowest BCUT2D eigenvalue weighted by Crippen LogP contribution is -2.51. The molecule has 0 saturated heterocycles. The first-order valence-electron chi connectivity index (χ1n) is 9.84. The Kier molecular flexibility index (Phi) is 8.19. The van der Waals surface area contributed by atoms with Gasteiger partial charge in [0.2, 0.25) is 5.91 Å². The zero-order valence-corrected chi connectivity index (χ0v) is 17.4. The van der Waals surface area contributed by atoms with Gasteiger partial charge in [0.15, 0.2) is 6.61 Å². The topological polar surface area (TPSA) is 58.6 Å². The number of hydrogen-bond donors (Lipinski definition) is 1. The molecule has 0 aliphatic rings. The van der Waals surface area contributed by atoms with E-state index < -0.39 is 6.04 Å². The number of aryl methyl sites for hydroxylation is 1. The Morgan fingerprint density at radius 2 is 1.69 bits per heavy atom. The molecule has 2 aromatic carbocycles. The summed E-state index contributed by atoms with van der Waals surface area (Å²) in [5.74, 6) is -0.471. The van der Waals surface area contributed by atoms with Gasteiger partial charge in [0, 0.05) is 12.6 Å². The van der Waals surface area contributed by atoms with Crippen molar-refractivity contribution in [2.75, 3.05) is 6.61 Å². The predicted molar refractivity (Wildman–Crippen MR) is 111 cm³/mol. The van der Waals surface area contributed by atoms with Gasteiger partial charge in [0.25, 0.3) is 5.91 Å². The van der Waals surface area contributed by atoms with E-state index in [2.05, 4.69) is 5.32 Å². The molecule has 0 heterocycles. The fraction of sp³-hybridized carbons (Fsp3) is 0.391. The lowest BCUT2D eigenvalue weighted by molar-refractivity contribution is -0.143. The van der Waals surface area contributed by atoms with Crippen molar-refractivity contribution >= 4 is 11.8 Å². The van der Waals surface area contributed by atoms with Crippen molar-refractivity contribution in [3.63, 3.8) is 0 Å². The highest BCUT2D eigenvalue weighted by atomic mass is 19.1. The van der Waals surface area contributed by atoms with Gasteiger partial charge in [-0.2, -0.15) is 0 Å². The van der Waals surface area contributed by atoms with Crippen LogP contribution in [0.1, 0.15) is 38.3 Å². The Bertz CT molecular complexity index is 804. The van der Waals surface area contributed by atoms with Gasteiger partial charge in [-0.15, -0.1) is 0 Å². The van der Waals surface area contributed by atoms with Crippen LogP contribution in [-0.4, -0.2) is 35.4 Å². The van der Waals surface area contributed by atoms with E-state index >= 15 is 0 Å². The highest BCUT2D eigenvalue weighted by Gasteiger charge is 2.29. The molecule has 0 aliphatic heterocycles. The van der Waals surface area contributed by atoms with Crippen LogP contribution >= 0.6 is 0 Å². The van der Waals surface area contributed by atoms with Crippen LogP contribution in [0.3, 0.4) is 0 Å². The molecule has 2 rings (SSSR count). The summed E-state index contributed by atoms with van der Waals surface area (Å²) < 4.78 is 18.6. The minimum atomic E-state index is -0.608. The molecule has 2 aromatic rings. The Morgan fingerprint density at radius 3 is 2.24 bits per heavy atom. The van der Waals surface area contributed by atoms with E-state index in [-0.39, 0.29) is 30.3 Å². The molecule has 0 unspecified atom stereocenters. The third-order valence-corrected chi connectivity index (χ3v) is 4.47. The SMILES string of the molecule is CC[C@@H](C(=O)NC(C)C)N(Cc1ccc(C)cc1)C(=O)COc1ccc(F)cc1. The van der Waals surface area contributed by atoms with Gasteiger partial charge in [-0.1, -0.05) is 36.8 Å². The number of nitrogens with zero attached hydrogens (tertiary/aromatic N) is 1. The number of benzene rings is 2. The Hall–Kier alpha value is -2.89. The monoisotopic (exact) mass is 400 g/mol. The number of carbonyl (C=O) groups excluding carboxylic acids is 2. The molecule has 1 N–H and O–H groups in total. The van der Waals surface area contributed by atoms with E-state index in [0.29, 0.717) is 18.7 Å². The number of halogens is 1. The zero-order valence-electron chi connectivity index (χ0n) is 17.4. The van der Waals surface area contributed by atoms with E-state index in [4.69, 9.17) is 4.74 Å². The van der Waals surface area contributed by atoms with E-state index in [9.17, 15) is 14.0 Å². The van der Waals surface area contributed by atoms with Crippen LogP contribution in [0.2, 0.25) is 0 Å². The first-order valence-corrected chi connectivity index (χ1v) is 9.84. The predicted octanol–water partition coefficient (Wildman–Crippen LogP) is 3.84. The second kappa shape index (κ2) is 10.6. The Labute approximate surface area is 171 Å². The van der Waals surface area contributed by atoms with Crippen LogP contribution in [0.4, 0.5) is 4.39 Å². The van der Waals surface area contributed by atoms with Crippen molar-refractivity contribution < 1.29 is 18.7 Å². The standard InChI is InChI=1S/C23H29FN2O3/c1-5-21(23(28)25-16(2)3)26(14-18-8-6-17(4)7-9-18)22(27)15-29-20-12-10-19(24)11-13-20/h6-13,16,21H,5,14-15H2,1-4H3,(H,25,28)/t21-/m0/s1. The van der Waals surface area contributed by atoms with Crippen molar-refractivity contribution in [1.29, 1.82) is 0 Å². The molecule has 0 spiro atoms. The number of ether oxygens (including phenoxy) is 1. The summed E-state index contributed by atoms with van der Waals surface area (Å²) in [4.78, 5) is 27.2. The normalized spacial score (nSPS) is 11.8. The highest BCUT2D eigenvalue weighted by molar-refractivity contribution is 5.88. The van der Waals surface area contributed by atoms with Crippen LogP contribution in [0.5, 0.6) is 5.75 Å². The highest BCUT2D eigenvalue weighted by Crippen LogP contribution is 2.15. The summed E-state index contributed by atoms with van der Waals surface area (Å²) in [5.41, 5.74) is 2.05. The first kappa shape index (κ1) is 22.4. The van der Waals surface area contributed by atoms with E-state index in [1.165, 1.54) is 24.3 Å². The molecule has 0 bridgehead atoms. The smallest absolute Gasteiger partial charge is 0.261 e. The molecule has 156 valence electrons. The van der Waals surface area contributed by atoms with Crippen molar-refractivity contribution in [3.05, 3.63) is 65.5 Å².